The molecule has 1 aromatic rings. The van der Waals surface area contributed by atoms with Crippen molar-refractivity contribution in [3.8, 4) is 6.07 Å². The van der Waals surface area contributed by atoms with E-state index >= 15 is 0 Å². The van der Waals surface area contributed by atoms with Crippen LogP contribution in [0, 0.1) is 35.0 Å². The van der Waals surface area contributed by atoms with E-state index in [1.807, 2.05) is 0 Å². The van der Waals surface area contributed by atoms with Gasteiger partial charge in [0.05, 0.1) is 11.3 Å². The zero-order valence-corrected chi connectivity index (χ0v) is 13.9. The largest absolute Gasteiger partial charge is 0.352 e. The summed E-state index contributed by atoms with van der Waals surface area (Å²) in [6.45, 7) is 0. The molecule has 0 atom stereocenters. The zero-order chi connectivity index (χ0) is 15.8. The van der Waals surface area contributed by atoms with E-state index < -0.39 is 0 Å². The molecular weight excluding hydrogens is 306 g/mol. The molecule has 0 saturated heterocycles. The fraction of sp³-hybridized carbons (Fsp3) is 0.611. The van der Waals surface area contributed by atoms with E-state index in [1.165, 1.54) is 43.9 Å². The Morgan fingerprint density at radius 3 is 2.61 bits per heavy atom. The standard InChI is InChI=1S/C18H21N3OS/c19-9-13-2-1-3-20-18(13)23-10-16(22)21-17-14-5-11-4-12(7-14)8-15(17)6-11/h1-3,11-12,14-15,17H,4-8,10H2,(H,21,22). The van der Waals surface area contributed by atoms with Crippen molar-refractivity contribution in [1.29, 1.82) is 5.26 Å². The van der Waals surface area contributed by atoms with Crippen LogP contribution in [-0.2, 0) is 4.79 Å². The maximum absolute atomic E-state index is 12.4. The summed E-state index contributed by atoms with van der Waals surface area (Å²) in [5.41, 5.74) is 0.542. The van der Waals surface area contributed by atoms with Crippen LogP contribution < -0.4 is 5.32 Å². The van der Waals surface area contributed by atoms with E-state index in [0.29, 0.717) is 34.2 Å². The lowest BCUT2D eigenvalue weighted by atomic mass is 9.54. The number of carbonyl (C=O) groups excluding carboxylic acids is 1. The topological polar surface area (TPSA) is 65.8 Å². The SMILES string of the molecule is N#Cc1cccnc1SCC(=O)NC1C2CC3CC(C2)CC1C3. The molecule has 0 spiro atoms. The van der Waals surface area contributed by atoms with E-state index in [-0.39, 0.29) is 5.91 Å². The maximum Gasteiger partial charge on any atom is 0.230 e. The summed E-state index contributed by atoms with van der Waals surface area (Å²) in [4.78, 5) is 16.6. The van der Waals surface area contributed by atoms with Gasteiger partial charge in [0.15, 0.2) is 0 Å². The first kappa shape index (κ1) is 15.0. The summed E-state index contributed by atoms with van der Waals surface area (Å²) in [7, 11) is 0. The van der Waals surface area contributed by atoms with Crippen molar-refractivity contribution >= 4 is 17.7 Å². The monoisotopic (exact) mass is 327 g/mol. The van der Waals surface area contributed by atoms with Crippen LogP contribution in [0.5, 0.6) is 0 Å². The number of nitrogens with zero attached hydrogens (tertiary/aromatic N) is 2. The minimum Gasteiger partial charge on any atom is -0.352 e. The van der Waals surface area contributed by atoms with Gasteiger partial charge in [0.25, 0.3) is 0 Å². The van der Waals surface area contributed by atoms with Crippen LogP contribution in [0.2, 0.25) is 0 Å². The van der Waals surface area contributed by atoms with Gasteiger partial charge >= 0.3 is 0 Å². The number of pyridine rings is 1. The van der Waals surface area contributed by atoms with Gasteiger partial charge < -0.3 is 5.32 Å². The first-order valence-corrected chi connectivity index (χ1v) is 9.48. The number of thioether (sulfide) groups is 1. The smallest absolute Gasteiger partial charge is 0.230 e. The molecular formula is C18H21N3OS. The van der Waals surface area contributed by atoms with E-state index in [2.05, 4.69) is 16.4 Å². The van der Waals surface area contributed by atoms with Crippen molar-refractivity contribution in [3.63, 3.8) is 0 Å². The van der Waals surface area contributed by atoms with Crippen molar-refractivity contribution in [2.24, 2.45) is 23.7 Å². The number of carbonyl (C=O) groups is 1. The van der Waals surface area contributed by atoms with Gasteiger partial charge in [0.1, 0.15) is 11.1 Å². The molecule has 0 aromatic carbocycles. The third-order valence-corrected chi connectivity index (χ3v) is 6.79. The molecule has 5 heteroatoms. The van der Waals surface area contributed by atoms with E-state index in [1.54, 1.807) is 18.3 Å². The number of nitriles is 1. The highest BCUT2D eigenvalue weighted by Gasteiger charge is 2.48. The van der Waals surface area contributed by atoms with Gasteiger partial charge in [-0.1, -0.05) is 11.8 Å². The highest BCUT2D eigenvalue weighted by molar-refractivity contribution is 7.99. The lowest BCUT2D eigenvalue weighted by Crippen LogP contribution is -2.56. The van der Waals surface area contributed by atoms with Crippen LogP contribution in [0.1, 0.15) is 37.7 Å². The van der Waals surface area contributed by atoms with Crippen LogP contribution in [0.25, 0.3) is 0 Å². The van der Waals surface area contributed by atoms with Gasteiger partial charge in [-0.05, 0) is 67.9 Å². The van der Waals surface area contributed by atoms with Crippen molar-refractivity contribution in [3.05, 3.63) is 23.9 Å². The second-order valence-corrected chi connectivity index (χ2v) is 8.24. The number of nitrogens with one attached hydrogen (secondary N) is 1. The molecule has 1 aromatic heterocycles. The molecule has 4 aliphatic rings. The zero-order valence-electron chi connectivity index (χ0n) is 13.1. The Bertz CT molecular complexity index is 626. The Kier molecular flexibility index (Phi) is 4.02. The van der Waals surface area contributed by atoms with Gasteiger partial charge in [-0.15, -0.1) is 0 Å². The minimum absolute atomic E-state index is 0.0852. The van der Waals surface area contributed by atoms with Crippen LogP contribution in [-0.4, -0.2) is 22.7 Å². The van der Waals surface area contributed by atoms with Gasteiger partial charge in [-0.3, -0.25) is 4.79 Å². The van der Waals surface area contributed by atoms with Gasteiger partial charge in [0, 0.05) is 12.2 Å². The summed E-state index contributed by atoms with van der Waals surface area (Å²) in [6.07, 6.45) is 8.33. The highest BCUT2D eigenvalue weighted by Crippen LogP contribution is 2.53. The normalized spacial score (nSPS) is 34.1. The third-order valence-electron chi connectivity index (χ3n) is 5.79. The molecule has 4 nitrogen and oxygen atoms in total. The molecule has 5 rings (SSSR count). The summed E-state index contributed by atoms with van der Waals surface area (Å²) in [6, 6.07) is 6.00. The van der Waals surface area contributed by atoms with Crippen LogP contribution in [0.3, 0.4) is 0 Å². The second-order valence-electron chi connectivity index (χ2n) is 7.28. The van der Waals surface area contributed by atoms with Crippen molar-refractivity contribution in [2.45, 2.75) is 43.2 Å². The fourth-order valence-corrected chi connectivity index (χ4v) is 5.87. The van der Waals surface area contributed by atoms with E-state index in [0.717, 1.165) is 11.8 Å². The Labute approximate surface area is 141 Å². The molecule has 4 saturated carbocycles. The molecule has 4 bridgehead atoms. The minimum atomic E-state index is 0.0852. The van der Waals surface area contributed by atoms with Crippen LogP contribution in [0.15, 0.2) is 23.4 Å². The quantitative estimate of drug-likeness (QED) is 0.863. The lowest BCUT2D eigenvalue weighted by molar-refractivity contribution is -0.122. The highest BCUT2D eigenvalue weighted by atomic mass is 32.2. The Morgan fingerprint density at radius 2 is 1.96 bits per heavy atom. The average molecular weight is 327 g/mol. The Hall–Kier alpha value is -1.54. The maximum atomic E-state index is 12.4. The molecule has 1 heterocycles. The molecule has 4 aliphatic carbocycles. The van der Waals surface area contributed by atoms with E-state index in [9.17, 15) is 4.79 Å². The summed E-state index contributed by atoms with van der Waals surface area (Å²) < 4.78 is 0. The first-order chi connectivity index (χ1) is 11.2. The lowest BCUT2D eigenvalue weighted by Gasteiger charge is -2.54. The number of aromatic nitrogens is 1. The number of rotatable bonds is 4. The van der Waals surface area contributed by atoms with Crippen molar-refractivity contribution in [1.82, 2.24) is 10.3 Å². The second kappa shape index (κ2) is 6.16. The van der Waals surface area contributed by atoms with Gasteiger partial charge in [-0.25, -0.2) is 4.98 Å². The Balaban J connectivity index is 1.35. The number of hydrogen-bond acceptors (Lipinski definition) is 4. The van der Waals surface area contributed by atoms with Crippen molar-refractivity contribution < 1.29 is 4.79 Å². The summed E-state index contributed by atoms with van der Waals surface area (Å²) >= 11 is 1.36. The summed E-state index contributed by atoms with van der Waals surface area (Å²) in [5, 5.41) is 13.0. The molecule has 120 valence electrons. The van der Waals surface area contributed by atoms with Gasteiger partial charge in [0.2, 0.25) is 5.91 Å². The number of amides is 1. The molecule has 1 N–H and O–H groups in total. The summed E-state index contributed by atoms with van der Waals surface area (Å²) in [5.74, 6) is 3.67. The number of hydrogen-bond donors (Lipinski definition) is 1. The molecule has 0 radical (unpaired) electrons. The fourth-order valence-electron chi connectivity index (χ4n) is 5.11. The van der Waals surface area contributed by atoms with Crippen molar-refractivity contribution in [2.75, 3.05) is 5.75 Å². The predicted octanol–water partition coefficient (Wildman–Crippen LogP) is 2.99. The molecule has 4 fully saturated rings. The van der Waals surface area contributed by atoms with Crippen LogP contribution >= 0.6 is 11.8 Å². The van der Waals surface area contributed by atoms with Crippen LogP contribution in [0.4, 0.5) is 0 Å². The first-order valence-electron chi connectivity index (χ1n) is 8.50. The van der Waals surface area contributed by atoms with E-state index in [4.69, 9.17) is 5.26 Å². The Morgan fingerprint density at radius 1 is 1.26 bits per heavy atom. The molecule has 23 heavy (non-hydrogen) atoms. The molecule has 0 unspecified atom stereocenters. The van der Waals surface area contributed by atoms with Gasteiger partial charge in [-0.2, -0.15) is 5.26 Å². The molecule has 0 aliphatic heterocycles. The average Bonchev–Trinajstić information content (AvgIpc) is 2.56. The molecule has 1 amide bonds. The third kappa shape index (κ3) is 2.97. The predicted molar refractivity (Wildman–Crippen MR) is 88.7 cm³/mol.